The first-order chi connectivity index (χ1) is 18.9. The molecular weight excluding hydrogens is 500 g/mol. The van der Waals surface area contributed by atoms with E-state index in [1.165, 1.54) is 35.4 Å². The molecule has 2 aliphatic heterocycles. The Morgan fingerprint density at radius 3 is 2.03 bits per heavy atom. The van der Waals surface area contributed by atoms with Crippen LogP contribution >= 0.6 is 0 Å². The maximum absolute atomic E-state index is 13.5. The normalized spacial score (nSPS) is 20.2. The molecule has 0 spiro atoms. The smallest absolute Gasteiger partial charge is 0.161 e. The van der Waals surface area contributed by atoms with Crippen LogP contribution < -0.4 is 9.47 Å². The Labute approximate surface area is 229 Å². The Kier molecular flexibility index (Phi) is 8.50. The molecule has 5 rings (SSSR count). The van der Waals surface area contributed by atoms with Gasteiger partial charge in [-0.25, -0.2) is 8.78 Å². The maximum atomic E-state index is 13.5. The van der Waals surface area contributed by atoms with E-state index in [0.29, 0.717) is 19.1 Å². The molecule has 0 amide bonds. The molecule has 0 radical (unpaired) electrons. The zero-order chi connectivity index (χ0) is 27.4. The van der Waals surface area contributed by atoms with Crippen LogP contribution in [0.1, 0.15) is 48.1 Å². The van der Waals surface area contributed by atoms with Crippen LogP contribution in [0, 0.1) is 17.6 Å². The van der Waals surface area contributed by atoms with E-state index in [1.807, 2.05) is 0 Å². The number of halogens is 2. The molecule has 3 aromatic rings. The Bertz CT molecular complexity index is 1200. The van der Waals surface area contributed by atoms with Gasteiger partial charge in [0.25, 0.3) is 0 Å². The minimum absolute atomic E-state index is 0.296. The third-order valence-corrected chi connectivity index (χ3v) is 8.32. The number of rotatable bonds is 9. The topological polar surface area (TPSA) is 40.2 Å². The lowest BCUT2D eigenvalue weighted by molar-refractivity contribution is -0.104. The first-order valence-electron chi connectivity index (χ1n) is 13.7. The zero-order valence-electron chi connectivity index (χ0n) is 22.9. The Morgan fingerprint density at radius 2 is 1.46 bits per heavy atom. The van der Waals surface area contributed by atoms with Crippen LogP contribution in [0.25, 0.3) is 0 Å². The van der Waals surface area contributed by atoms with E-state index in [9.17, 15) is 8.78 Å². The molecule has 0 saturated carbocycles. The molecule has 0 aliphatic carbocycles. The van der Waals surface area contributed by atoms with Gasteiger partial charge in [0.1, 0.15) is 17.7 Å². The SMILES string of the molecule is COc1cc2c(cc1OC)C(C)(C1CCN(CCOC(c3ccc(F)cc3)c3ccc(F)cc3)CC1)OCC2. The monoisotopic (exact) mass is 537 g/mol. The van der Waals surface area contributed by atoms with Gasteiger partial charge in [-0.15, -0.1) is 0 Å². The van der Waals surface area contributed by atoms with Gasteiger partial charge < -0.3 is 23.8 Å². The molecule has 1 saturated heterocycles. The summed E-state index contributed by atoms with van der Waals surface area (Å²) in [5.74, 6) is 1.29. The minimum Gasteiger partial charge on any atom is -0.493 e. The van der Waals surface area contributed by atoms with Crippen LogP contribution in [0.5, 0.6) is 11.5 Å². The number of nitrogens with zero attached hydrogens (tertiary/aromatic N) is 1. The average Bonchev–Trinajstić information content (AvgIpc) is 2.96. The average molecular weight is 538 g/mol. The van der Waals surface area contributed by atoms with Crippen molar-refractivity contribution in [3.05, 3.63) is 94.6 Å². The zero-order valence-corrected chi connectivity index (χ0v) is 22.9. The minimum atomic E-state index is -0.387. The van der Waals surface area contributed by atoms with E-state index in [1.54, 1.807) is 38.5 Å². The molecule has 0 N–H and O–H groups in total. The third kappa shape index (κ3) is 5.96. The number of hydrogen-bond donors (Lipinski definition) is 0. The number of likely N-dealkylation sites (tertiary alicyclic amines) is 1. The van der Waals surface area contributed by atoms with Crippen LogP contribution in [0.15, 0.2) is 60.7 Å². The molecule has 1 unspecified atom stereocenters. The standard InChI is InChI=1S/C32H37F2NO4/c1-32(28-21-30(37-3)29(36-2)20-24(28)14-18-39-32)25-12-15-35(16-13-25)17-19-38-31(22-4-8-26(33)9-5-22)23-6-10-27(34)11-7-23/h4-11,20-21,25,31H,12-19H2,1-3H3. The summed E-state index contributed by atoms with van der Waals surface area (Å²) in [6.07, 6.45) is 2.51. The summed E-state index contributed by atoms with van der Waals surface area (Å²) in [5, 5.41) is 0. The fourth-order valence-corrected chi connectivity index (χ4v) is 6.05. The number of hydrogen-bond acceptors (Lipinski definition) is 5. The van der Waals surface area contributed by atoms with Gasteiger partial charge in [-0.05, 0) is 104 Å². The van der Waals surface area contributed by atoms with Crippen molar-refractivity contribution in [2.24, 2.45) is 5.92 Å². The second kappa shape index (κ2) is 12.0. The molecule has 1 atom stereocenters. The predicted molar refractivity (Wildman–Crippen MR) is 146 cm³/mol. The van der Waals surface area contributed by atoms with Crippen LogP contribution in [0.4, 0.5) is 8.78 Å². The summed E-state index contributed by atoms with van der Waals surface area (Å²) in [6, 6.07) is 16.8. The molecule has 1 fully saturated rings. The fraction of sp³-hybridized carbons (Fsp3) is 0.438. The van der Waals surface area contributed by atoms with Crippen molar-refractivity contribution in [3.63, 3.8) is 0 Å². The van der Waals surface area contributed by atoms with Crippen molar-refractivity contribution >= 4 is 0 Å². The molecule has 3 aromatic carbocycles. The predicted octanol–water partition coefficient (Wildman–Crippen LogP) is 6.29. The van der Waals surface area contributed by atoms with E-state index in [4.69, 9.17) is 18.9 Å². The summed E-state index contributed by atoms with van der Waals surface area (Å²) >= 11 is 0. The van der Waals surface area contributed by atoms with Gasteiger partial charge in [0, 0.05) is 6.54 Å². The van der Waals surface area contributed by atoms with Crippen molar-refractivity contribution in [2.45, 2.75) is 37.9 Å². The molecule has 2 aliphatic rings. The van der Waals surface area contributed by atoms with E-state index in [2.05, 4.69) is 24.0 Å². The number of ether oxygens (including phenoxy) is 4. The van der Waals surface area contributed by atoms with E-state index < -0.39 is 0 Å². The van der Waals surface area contributed by atoms with E-state index in [0.717, 1.165) is 61.5 Å². The molecule has 5 nitrogen and oxygen atoms in total. The highest BCUT2D eigenvalue weighted by molar-refractivity contribution is 5.50. The third-order valence-electron chi connectivity index (χ3n) is 8.32. The summed E-state index contributed by atoms with van der Waals surface area (Å²) in [6.45, 7) is 6.11. The van der Waals surface area contributed by atoms with Crippen molar-refractivity contribution in [2.75, 3.05) is 47.1 Å². The number of piperidine rings is 1. The van der Waals surface area contributed by atoms with E-state index in [-0.39, 0.29) is 23.3 Å². The summed E-state index contributed by atoms with van der Waals surface area (Å²) < 4.78 is 51.0. The largest absolute Gasteiger partial charge is 0.493 e. The summed E-state index contributed by atoms with van der Waals surface area (Å²) in [5.41, 5.74) is 3.79. The summed E-state index contributed by atoms with van der Waals surface area (Å²) in [7, 11) is 3.34. The van der Waals surface area contributed by atoms with Gasteiger partial charge in [-0.1, -0.05) is 24.3 Å². The second-order valence-electron chi connectivity index (χ2n) is 10.5. The van der Waals surface area contributed by atoms with Gasteiger partial charge in [0.15, 0.2) is 11.5 Å². The highest BCUT2D eigenvalue weighted by Crippen LogP contribution is 2.46. The van der Waals surface area contributed by atoms with Crippen molar-refractivity contribution < 1.29 is 27.7 Å². The Hall–Kier alpha value is -3.00. The second-order valence-corrected chi connectivity index (χ2v) is 10.5. The van der Waals surface area contributed by atoms with Crippen LogP contribution in [-0.2, 0) is 21.5 Å². The summed E-state index contributed by atoms with van der Waals surface area (Å²) in [4.78, 5) is 2.42. The lowest BCUT2D eigenvalue weighted by Gasteiger charge is -2.45. The van der Waals surface area contributed by atoms with Crippen LogP contribution in [0.2, 0.25) is 0 Å². The van der Waals surface area contributed by atoms with Crippen molar-refractivity contribution in [1.82, 2.24) is 4.90 Å². The van der Waals surface area contributed by atoms with Crippen LogP contribution in [-0.4, -0.2) is 52.0 Å². The fourth-order valence-electron chi connectivity index (χ4n) is 6.05. The van der Waals surface area contributed by atoms with Crippen molar-refractivity contribution in [1.29, 1.82) is 0 Å². The lowest BCUT2D eigenvalue weighted by Crippen LogP contribution is -2.46. The van der Waals surface area contributed by atoms with Gasteiger partial charge >= 0.3 is 0 Å². The number of methoxy groups -OCH3 is 2. The van der Waals surface area contributed by atoms with Crippen molar-refractivity contribution in [3.8, 4) is 11.5 Å². The number of fused-ring (bicyclic) bond motifs is 1. The van der Waals surface area contributed by atoms with Gasteiger partial charge in [0.05, 0.1) is 33.0 Å². The Morgan fingerprint density at radius 1 is 0.897 bits per heavy atom. The molecule has 208 valence electrons. The highest BCUT2D eigenvalue weighted by Gasteiger charge is 2.42. The lowest BCUT2D eigenvalue weighted by atomic mass is 9.74. The molecular formula is C32H37F2NO4. The van der Waals surface area contributed by atoms with Gasteiger partial charge in [-0.3, -0.25) is 0 Å². The Balaban J connectivity index is 1.21. The first kappa shape index (κ1) is 27.6. The van der Waals surface area contributed by atoms with Gasteiger partial charge in [0.2, 0.25) is 0 Å². The molecule has 39 heavy (non-hydrogen) atoms. The highest BCUT2D eigenvalue weighted by atomic mass is 19.1. The quantitative estimate of drug-likeness (QED) is 0.321. The molecule has 0 aromatic heterocycles. The van der Waals surface area contributed by atoms with Gasteiger partial charge in [-0.2, -0.15) is 0 Å². The maximum Gasteiger partial charge on any atom is 0.161 e. The molecule has 7 heteroatoms. The molecule has 2 heterocycles. The number of benzene rings is 3. The van der Waals surface area contributed by atoms with Crippen LogP contribution in [0.3, 0.4) is 0 Å². The van der Waals surface area contributed by atoms with E-state index >= 15 is 0 Å². The first-order valence-corrected chi connectivity index (χ1v) is 13.7. The molecule has 0 bridgehead atoms.